The Morgan fingerprint density at radius 3 is 2.57 bits per heavy atom. The third-order valence-corrected chi connectivity index (χ3v) is 4.66. The lowest BCUT2D eigenvalue weighted by molar-refractivity contribution is -0.124. The molecule has 0 saturated carbocycles. The van der Waals surface area contributed by atoms with Gasteiger partial charge in [-0.15, -0.1) is 0 Å². The Balaban J connectivity index is 1.51. The Morgan fingerprint density at radius 2 is 1.86 bits per heavy atom. The van der Waals surface area contributed by atoms with Crippen LogP contribution in [0.2, 0.25) is 0 Å². The van der Waals surface area contributed by atoms with Crippen LogP contribution in [0.3, 0.4) is 0 Å². The summed E-state index contributed by atoms with van der Waals surface area (Å²) < 4.78 is 13.0. The molecule has 0 aliphatic heterocycles. The Labute approximate surface area is 164 Å². The zero-order valence-corrected chi connectivity index (χ0v) is 16.2. The lowest BCUT2D eigenvalue weighted by atomic mass is 10.1. The van der Waals surface area contributed by atoms with Crippen molar-refractivity contribution in [2.45, 2.75) is 19.8 Å². The van der Waals surface area contributed by atoms with Gasteiger partial charge in [-0.05, 0) is 61.2 Å². The molecule has 2 aromatic carbocycles. The zero-order valence-electron chi connectivity index (χ0n) is 16.2. The number of nitrogens with zero attached hydrogens (tertiary/aromatic N) is 2. The van der Waals surface area contributed by atoms with Gasteiger partial charge in [-0.2, -0.15) is 5.10 Å². The van der Waals surface area contributed by atoms with E-state index in [4.69, 9.17) is 0 Å². The fraction of sp³-hybridized carbons (Fsp3) is 0.217. The van der Waals surface area contributed by atoms with E-state index in [1.165, 1.54) is 12.1 Å². The summed E-state index contributed by atoms with van der Waals surface area (Å²) >= 11 is 0. The predicted molar refractivity (Wildman–Crippen MR) is 110 cm³/mol. The second-order valence-electron chi connectivity index (χ2n) is 6.84. The van der Waals surface area contributed by atoms with E-state index < -0.39 is 0 Å². The van der Waals surface area contributed by atoms with E-state index in [0.29, 0.717) is 6.54 Å². The van der Waals surface area contributed by atoms with Crippen molar-refractivity contribution in [3.8, 4) is 11.3 Å². The number of likely N-dealkylation sites (N-methyl/N-ethyl adjacent to an activating group) is 1. The molecule has 1 aromatic heterocycles. The van der Waals surface area contributed by atoms with E-state index in [1.807, 2.05) is 50.4 Å². The lowest BCUT2D eigenvalue weighted by Gasteiger charge is -2.15. The van der Waals surface area contributed by atoms with Gasteiger partial charge in [-0.3, -0.25) is 9.89 Å². The molecule has 0 saturated heterocycles. The number of amides is 1. The fourth-order valence-corrected chi connectivity index (χ4v) is 2.95. The average Bonchev–Trinajstić information content (AvgIpc) is 3.18. The van der Waals surface area contributed by atoms with Crippen molar-refractivity contribution in [1.82, 2.24) is 15.1 Å². The van der Waals surface area contributed by atoms with Gasteiger partial charge in [0.15, 0.2) is 0 Å². The number of nitrogens with one attached hydrogen (secondary N) is 1. The summed E-state index contributed by atoms with van der Waals surface area (Å²) in [4.78, 5) is 14.1. The van der Waals surface area contributed by atoms with Crippen molar-refractivity contribution in [1.29, 1.82) is 0 Å². The standard InChI is InChI=1S/C23H24FN3O/c1-17(18-7-4-3-5-8-18)15-23(28)27(2)14-6-9-21-16-22(26-25-21)19-10-12-20(24)13-11-19/h3-5,7-8,10-13,15-16H,6,9,14H2,1-2H3,(H,25,26). The van der Waals surface area contributed by atoms with E-state index in [2.05, 4.69) is 10.2 Å². The molecule has 3 rings (SSSR count). The molecular weight excluding hydrogens is 353 g/mol. The number of benzene rings is 2. The summed E-state index contributed by atoms with van der Waals surface area (Å²) in [5.41, 5.74) is 4.67. The minimum Gasteiger partial charge on any atom is -0.342 e. The summed E-state index contributed by atoms with van der Waals surface area (Å²) in [7, 11) is 1.81. The molecule has 0 atom stereocenters. The number of halogens is 1. The van der Waals surface area contributed by atoms with Crippen LogP contribution >= 0.6 is 0 Å². The minimum atomic E-state index is -0.260. The van der Waals surface area contributed by atoms with Gasteiger partial charge in [-0.25, -0.2) is 4.39 Å². The number of rotatable bonds is 7. The maximum absolute atomic E-state index is 13.0. The molecule has 144 valence electrons. The Bertz CT molecular complexity index is 945. The normalized spacial score (nSPS) is 11.5. The fourth-order valence-electron chi connectivity index (χ4n) is 2.95. The summed E-state index contributed by atoms with van der Waals surface area (Å²) in [6.45, 7) is 2.60. The molecule has 28 heavy (non-hydrogen) atoms. The van der Waals surface area contributed by atoms with Crippen LogP contribution in [0.4, 0.5) is 4.39 Å². The molecule has 0 fully saturated rings. The van der Waals surface area contributed by atoms with Gasteiger partial charge in [0.05, 0.1) is 5.69 Å². The first-order valence-electron chi connectivity index (χ1n) is 9.32. The van der Waals surface area contributed by atoms with Crippen LogP contribution in [0, 0.1) is 5.82 Å². The van der Waals surface area contributed by atoms with Gasteiger partial charge < -0.3 is 4.90 Å². The molecule has 0 unspecified atom stereocenters. The van der Waals surface area contributed by atoms with Crippen molar-refractivity contribution in [2.75, 3.05) is 13.6 Å². The zero-order chi connectivity index (χ0) is 19.9. The first kappa shape index (κ1) is 19.5. The number of aromatic amines is 1. The van der Waals surface area contributed by atoms with E-state index in [9.17, 15) is 9.18 Å². The Hall–Kier alpha value is -3.21. The van der Waals surface area contributed by atoms with Crippen LogP contribution in [0.15, 0.2) is 66.7 Å². The molecule has 4 nitrogen and oxygen atoms in total. The number of aryl methyl sites for hydroxylation is 1. The van der Waals surface area contributed by atoms with E-state index in [0.717, 1.165) is 40.9 Å². The smallest absolute Gasteiger partial charge is 0.246 e. The van der Waals surface area contributed by atoms with Gasteiger partial charge in [-0.1, -0.05) is 30.3 Å². The van der Waals surface area contributed by atoms with E-state index in [-0.39, 0.29) is 11.7 Å². The monoisotopic (exact) mass is 377 g/mol. The van der Waals surface area contributed by atoms with Gasteiger partial charge in [0.25, 0.3) is 0 Å². The molecule has 3 aromatic rings. The molecular formula is C23H24FN3O. The quantitative estimate of drug-likeness (QED) is 0.606. The van der Waals surface area contributed by atoms with Crippen LogP contribution in [0.25, 0.3) is 16.8 Å². The number of hydrogen-bond acceptors (Lipinski definition) is 2. The Kier molecular flexibility index (Phi) is 6.37. The molecule has 1 amide bonds. The number of carbonyl (C=O) groups excluding carboxylic acids is 1. The topological polar surface area (TPSA) is 49.0 Å². The summed E-state index contributed by atoms with van der Waals surface area (Å²) in [5, 5.41) is 7.30. The van der Waals surface area contributed by atoms with Crippen LogP contribution in [-0.4, -0.2) is 34.6 Å². The predicted octanol–water partition coefficient (Wildman–Crippen LogP) is 4.71. The third kappa shape index (κ3) is 5.16. The molecule has 0 spiro atoms. The van der Waals surface area contributed by atoms with Gasteiger partial charge in [0.2, 0.25) is 5.91 Å². The summed E-state index contributed by atoms with van der Waals surface area (Å²) in [6, 6.07) is 18.1. The van der Waals surface area contributed by atoms with Crippen molar-refractivity contribution in [3.63, 3.8) is 0 Å². The highest BCUT2D eigenvalue weighted by molar-refractivity contribution is 5.94. The largest absolute Gasteiger partial charge is 0.342 e. The number of aromatic nitrogens is 2. The highest BCUT2D eigenvalue weighted by atomic mass is 19.1. The van der Waals surface area contributed by atoms with Crippen molar-refractivity contribution >= 4 is 11.5 Å². The molecule has 0 aliphatic rings. The highest BCUT2D eigenvalue weighted by Gasteiger charge is 2.08. The van der Waals surface area contributed by atoms with E-state index in [1.54, 1.807) is 23.1 Å². The first-order valence-corrected chi connectivity index (χ1v) is 9.32. The SMILES string of the molecule is CC(=CC(=O)N(C)CCCc1cc(-c2ccc(F)cc2)n[nH]1)c1ccccc1. The number of hydrogen-bond donors (Lipinski definition) is 1. The second kappa shape index (κ2) is 9.13. The van der Waals surface area contributed by atoms with Crippen molar-refractivity contribution in [2.24, 2.45) is 0 Å². The maximum atomic E-state index is 13.0. The average molecular weight is 377 g/mol. The van der Waals surface area contributed by atoms with Crippen molar-refractivity contribution < 1.29 is 9.18 Å². The molecule has 0 aliphatic carbocycles. The molecule has 5 heteroatoms. The number of carbonyl (C=O) groups is 1. The Morgan fingerprint density at radius 1 is 1.14 bits per heavy atom. The molecule has 0 radical (unpaired) electrons. The lowest BCUT2D eigenvalue weighted by Crippen LogP contribution is -2.26. The molecule has 1 heterocycles. The highest BCUT2D eigenvalue weighted by Crippen LogP contribution is 2.18. The van der Waals surface area contributed by atoms with Gasteiger partial charge in [0.1, 0.15) is 5.82 Å². The van der Waals surface area contributed by atoms with Crippen LogP contribution in [0.5, 0.6) is 0 Å². The van der Waals surface area contributed by atoms with Crippen LogP contribution in [0.1, 0.15) is 24.6 Å². The minimum absolute atomic E-state index is 0.00188. The van der Waals surface area contributed by atoms with Crippen LogP contribution in [-0.2, 0) is 11.2 Å². The summed E-state index contributed by atoms with van der Waals surface area (Å²) in [6.07, 6.45) is 3.29. The molecule has 0 bridgehead atoms. The van der Waals surface area contributed by atoms with E-state index >= 15 is 0 Å². The number of allylic oxidation sites excluding steroid dienone is 1. The van der Waals surface area contributed by atoms with Gasteiger partial charge >= 0.3 is 0 Å². The molecule has 1 N–H and O–H groups in total. The summed E-state index contributed by atoms with van der Waals surface area (Å²) in [5.74, 6) is -0.262. The third-order valence-electron chi connectivity index (χ3n) is 4.66. The second-order valence-corrected chi connectivity index (χ2v) is 6.84. The first-order chi connectivity index (χ1) is 13.5. The number of H-pyrrole nitrogens is 1. The van der Waals surface area contributed by atoms with Crippen LogP contribution < -0.4 is 0 Å². The maximum Gasteiger partial charge on any atom is 0.246 e. The van der Waals surface area contributed by atoms with Gasteiger partial charge in [0, 0.05) is 30.9 Å². The van der Waals surface area contributed by atoms with Crippen molar-refractivity contribution in [3.05, 3.63) is 83.8 Å².